The fourth-order valence-electron chi connectivity index (χ4n) is 4.76. The van der Waals surface area contributed by atoms with E-state index in [4.69, 9.17) is 10.5 Å². The highest BCUT2D eigenvalue weighted by Crippen LogP contribution is 2.38. The number of nitrogens with one attached hydrogen (secondary N) is 1. The second kappa shape index (κ2) is 9.59. The topological polar surface area (TPSA) is 97.6 Å². The number of pyridine rings is 1. The number of hydrogen-bond donors (Lipinski definition) is 2. The molecular formula is C25H32N4O3. The largest absolute Gasteiger partial charge is 0.491 e. The minimum Gasteiger partial charge on any atom is -0.491 e. The lowest BCUT2D eigenvalue weighted by Crippen LogP contribution is -2.52. The number of ether oxygens (including phenoxy) is 1. The van der Waals surface area contributed by atoms with E-state index in [9.17, 15) is 9.59 Å². The first-order valence-corrected chi connectivity index (χ1v) is 11.5. The normalized spacial score (nSPS) is 21.5. The van der Waals surface area contributed by atoms with Crippen molar-refractivity contribution >= 4 is 17.6 Å². The molecule has 0 aliphatic carbocycles. The summed E-state index contributed by atoms with van der Waals surface area (Å²) >= 11 is 0. The Morgan fingerprint density at radius 2 is 1.97 bits per heavy atom. The van der Waals surface area contributed by atoms with Gasteiger partial charge in [0.1, 0.15) is 18.2 Å². The molecule has 1 aromatic heterocycles. The lowest BCUT2D eigenvalue weighted by molar-refractivity contribution is -0.135. The Morgan fingerprint density at radius 3 is 2.75 bits per heavy atom. The van der Waals surface area contributed by atoms with Crippen LogP contribution >= 0.6 is 0 Å². The predicted octanol–water partition coefficient (Wildman–Crippen LogP) is 3.20. The van der Waals surface area contributed by atoms with E-state index in [-0.39, 0.29) is 17.9 Å². The van der Waals surface area contributed by atoms with Gasteiger partial charge in [0.05, 0.1) is 11.5 Å². The van der Waals surface area contributed by atoms with Crippen molar-refractivity contribution in [1.82, 2.24) is 15.2 Å². The van der Waals surface area contributed by atoms with Crippen LogP contribution in [0.5, 0.6) is 5.75 Å². The second-order valence-electron chi connectivity index (χ2n) is 9.04. The lowest BCUT2D eigenvalue weighted by atomic mass is 9.73. The van der Waals surface area contributed by atoms with Crippen LogP contribution in [-0.4, -0.2) is 47.4 Å². The van der Waals surface area contributed by atoms with Crippen molar-refractivity contribution < 1.29 is 14.3 Å². The number of fused-ring (bicyclic) bond motifs is 1. The standard InChI is InChI=1S/C25H32N4O3/c1-18-17-32-21-8-3-2-6-19(21)7-4-5-10-25(24(31)28-18)11-14-29(15-12-25)23(30)20-9-13-27-22(26)16-20/h2-3,6,8-9,13,16,18H,4-5,7,10-12,14-15,17H2,1H3,(H2,26,27)(H,28,31)/t18-/m1/s1. The maximum atomic E-state index is 13.4. The van der Waals surface area contributed by atoms with Crippen LogP contribution in [-0.2, 0) is 11.2 Å². The van der Waals surface area contributed by atoms with Crippen molar-refractivity contribution in [1.29, 1.82) is 0 Å². The Bertz CT molecular complexity index is 969. The summed E-state index contributed by atoms with van der Waals surface area (Å²) in [5.41, 5.74) is 7.06. The Kier molecular flexibility index (Phi) is 6.63. The number of aromatic nitrogens is 1. The van der Waals surface area contributed by atoms with Crippen molar-refractivity contribution in [3.05, 3.63) is 53.7 Å². The van der Waals surface area contributed by atoms with Gasteiger partial charge in [0.25, 0.3) is 5.91 Å². The zero-order valence-electron chi connectivity index (χ0n) is 18.7. The summed E-state index contributed by atoms with van der Waals surface area (Å²) in [6, 6.07) is 11.4. The highest BCUT2D eigenvalue weighted by molar-refractivity contribution is 5.95. The first-order chi connectivity index (χ1) is 15.5. The summed E-state index contributed by atoms with van der Waals surface area (Å²) in [6.45, 7) is 3.53. The number of carbonyl (C=O) groups excluding carboxylic acids is 2. The van der Waals surface area contributed by atoms with Crippen LogP contribution in [0.15, 0.2) is 42.6 Å². The number of piperidine rings is 1. The molecule has 170 valence electrons. The minimum absolute atomic E-state index is 0.0547. The molecule has 2 amide bonds. The van der Waals surface area contributed by atoms with Crippen LogP contribution in [0, 0.1) is 5.41 Å². The molecule has 4 rings (SSSR count). The van der Waals surface area contributed by atoms with Gasteiger partial charge in [-0.1, -0.05) is 24.6 Å². The highest BCUT2D eigenvalue weighted by atomic mass is 16.5. The van der Waals surface area contributed by atoms with Crippen molar-refractivity contribution in [3.8, 4) is 5.75 Å². The molecule has 2 aliphatic heterocycles. The molecule has 3 heterocycles. The van der Waals surface area contributed by atoms with Crippen molar-refractivity contribution in [2.24, 2.45) is 5.41 Å². The van der Waals surface area contributed by atoms with Crippen LogP contribution in [0.1, 0.15) is 54.9 Å². The van der Waals surface area contributed by atoms with Crippen LogP contribution in [0.3, 0.4) is 0 Å². The highest BCUT2D eigenvalue weighted by Gasteiger charge is 2.42. The third kappa shape index (κ3) is 4.87. The molecule has 0 unspecified atom stereocenters. The molecule has 0 radical (unpaired) electrons. The van der Waals surface area contributed by atoms with Gasteiger partial charge in [0.2, 0.25) is 5.91 Å². The monoisotopic (exact) mass is 436 g/mol. The van der Waals surface area contributed by atoms with E-state index < -0.39 is 5.41 Å². The molecule has 7 nitrogen and oxygen atoms in total. The molecule has 0 bridgehead atoms. The van der Waals surface area contributed by atoms with E-state index in [0.717, 1.165) is 31.4 Å². The first-order valence-electron chi connectivity index (χ1n) is 11.5. The smallest absolute Gasteiger partial charge is 0.254 e. The van der Waals surface area contributed by atoms with Gasteiger partial charge in [0.15, 0.2) is 0 Å². The molecule has 1 atom stereocenters. The Morgan fingerprint density at radius 1 is 1.19 bits per heavy atom. The fourth-order valence-corrected chi connectivity index (χ4v) is 4.76. The average Bonchev–Trinajstić information content (AvgIpc) is 2.80. The third-order valence-corrected chi connectivity index (χ3v) is 6.71. The zero-order valence-corrected chi connectivity index (χ0v) is 18.7. The van der Waals surface area contributed by atoms with Crippen molar-refractivity contribution in [2.75, 3.05) is 25.4 Å². The molecule has 0 saturated carbocycles. The van der Waals surface area contributed by atoms with E-state index in [1.807, 2.05) is 30.0 Å². The Hall–Kier alpha value is -3.09. The number of likely N-dealkylation sites (tertiary alicyclic amines) is 1. The van der Waals surface area contributed by atoms with Crippen LogP contribution in [0.2, 0.25) is 0 Å². The molecule has 1 aromatic carbocycles. The van der Waals surface area contributed by atoms with E-state index in [2.05, 4.69) is 16.4 Å². The van der Waals surface area contributed by atoms with Gasteiger partial charge >= 0.3 is 0 Å². The lowest BCUT2D eigenvalue weighted by Gasteiger charge is -2.41. The van der Waals surface area contributed by atoms with Crippen molar-refractivity contribution in [3.63, 3.8) is 0 Å². The first kappa shape index (κ1) is 22.1. The van der Waals surface area contributed by atoms with Gasteiger partial charge in [-0.2, -0.15) is 0 Å². The van der Waals surface area contributed by atoms with Gasteiger partial charge in [-0.25, -0.2) is 4.98 Å². The van der Waals surface area contributed by atoms with Gasteiger partial charge in [-0.15, -0.1) is 0 Å². The number of nitrogens with two attached hydrogens (primary N) is 1. The number of para-hydroxylation sites is 1. The number of nitrogens with zero attached hydrogens (tertiary/aromatic N) is 2. The maximum absolute atomic E-state index is 13.4. The molecule has 1 fully saturated rings. The molecular weight excluding hydrogens is 404 g/mol. The van der Waals surface area contributed by atoms with Crippen LogP contribution in [0.25, 0.3) is 0 Å². The van der Waals surface area contributed by atoms with Gasteiger partial charge < -0.3 is 20.7 Å². The second-order valence-corrected chi connectivity index (χ2v) is 9.04. The summed E-state index contributed by atoms with van der Waals surface area (Å²) in [4.78, 5) is 32.1. The number of nitrogen functional groups attached to an aromatic ring is 1. The van der Waals surface area contributed by atoms with Crippen molar-refractivity contribution in [2.45, 2.75) is 51.5 Å². The van der Waals surface area contributed by atoms with Gasteiger partial charge in [0, 0.05) is 24.8 Å². The average molecular weight is 437 g/mol. The number of anilines is 1. The number of aryl methyl sites for hydroxylation is 1. The number of carbonyl (C=O) groups is 2. The Labute approximate surface area is 189 Å². The number of amides is 2. The van der Waals surface area contributed by atoms with Crippen LogP contribution in [0.4, 0.5) is 5.82 Å². The summed E-state index contributed by atoms with van der Waals surface area (Å²) in [7, 11) is 0. The number of hydrogen-bond acceptors (Lipinski definition) is 5. The summed E-state index contributed by atoms with van der Waals surface area (Å²) in [5, 5.41) is 3.18. The van der Waals surface area contributed by atoms with E-state index in [1.54, 1.807) is 18.3 Å². The zero-order chi connectivity index (χ0) is 22.6. The van der Waals surface area contributed by atoms with E-state index >= 15 is 0 Å². The molecule has 1 saturated heterocycles. The maximum Gasteiger partial charge on any atom is 0.254 e. The molecule has 7 heteroatoms. The fraction of sp³-hybridized carbons (Fsp3) is 0.480. The third-order valence-electron chi connectivity index (χ3n) is 6.71. The van der Waals surface area contributed by atoms with E-state index in [1.165, 1.54) is 5.56 Å². The molecule has 32 heavy (non-hydrogen) atoms. The van der Waals surface area contributed by atoms with Gasteiger partial charge in [-0.05, 0) is 62.8 Å². The minimum atomic E-state index is -0.443. The quantitative estimate of drug-likeness (QED) is 0.716. The van der Waals surface area contributed by atoms with Gasteiger partial charge in [-0.3, -0.25) is 9.59 Å². The molecule has 2 aromatic rings. The summed E-state index contributed by atoms with van der Waals surface area (Å²) in [6.07, 6.45) is 6.62. The SMILES string of the molecule is C[C@@H]1COc2ccccc2CCCCC2(CCN(C(=O)c3ccnc(N)c3)CC2)C(=O)N1. The predicted molar refractivity (Wildman–Crippen MR) is 123 cm³/mol. The summed E-state index contributed by atoms with van der Waals surface area (Å²) < 4.78 is 6.02. The number of benzene rings is 1. The summed E-state index contributed by atoms with van der Waals surface area (Å²) in [5.74, 6) is 1.27. The molecule has 1 spiro atoms. The van der Waals surface area contributed by atoms with Crippen LogP contribution < -0.4 is 15.8 Å². The number of rotatable bonds is 1. The van der Waals surface area contributed by atoms with E-state index in [0.29, 0.717) is 43.9 Å². The Balaban J connectivity index is 1.45. The molecule has 3 N–H and O–H groups in total. The molecule has 2 aliphatic rings.